The van der Waals surface area contributed by atoms with Crippen LogP contribution in [0.4, 0.5) is 28.4 Å². The Morgan fingerprint density at radius 3 is 2.36 bits per heavy atom. The van der Waals surface area contributed by atoms with E-state index in [1.807, 2.05) is 37.7 Å². The number of nitrogens with zero attached hydrogens (tertiary/aromatic N) is 6. The highest BCUT2D eigenvalue weighted by molar-refractivity contribution is 5.90. The first-order valence-electron chi connectivity index (χ1n) is 17.4. The van der Waals surface area contributed by atoms with Crippen molar-refractivity contribution in [3.8, 4) is 22.4 Å². The number of amides is 3. The molecule has 278 valence electrons. The van der Waals surface area contributed by atoms with E-state index in [-0.39, 0.29) is 17.3 Å². The lowest BCUT2D eigenvalue weighted by molar-refractivity contribution is -0.143. The van der Waals surface area contributed by atoms with Crippen LogP contribution in [0.15, 0.2) is 78.0 Å². The number of halogens is 3. The second-order valence-electron chi connectivity index (χ2n) is 14.0. The number of ether oxygens (including phenoxy) is 1. The minimum atomic E-state index is -4.67. The number of fused-ring (bicyclic) bond motifs is 2. The van der Waals surface area contributed by atoms with Crippen LogP contribution >= 0.6 is 0 Å². The molecular weight excluding hydrogens is 689 g/mol. The van der Waals surface area contributed by atoms with Gasteiger partial charge in [-0.3, -0.25) is 14.5 Å². The van der Waals surface area contributed by atoms with Gasteiger partial charge in [-0.05, 0) is 86.7 Å². The Morgan fingerprint density at radius 2 is 1.62 bits per heavy atom. The molecule has 53 heavy (non-hydrogen) atoms. The Kier molecular flexibility index (Phi) is 10.8. The molecular formula is C38H41F3N8O4. The SMILES string of the molecule is CC(C)(C)OC(=O)NCCCCCCn1cc2cc(-c3cc(-c4ccc(NC(=O)N5Cc6ccncc6C5)cc4)nn(CC(F)(F)F)c3=O)ccc2n1. The van der Waals surface area contributed by atoms with Crippen molar-refractivity contribution in [3.63, 3.8) is 0 Å². The number of aromatic nitrogens is 5. The van der Waals surface area contributed by atoms with Crippen molar-refractivity contribution < 1.29 is 27.5 Å². The molecule has 3 amide bonds. The summed E-state index contributed by atoms with van der Waals surface area (Å²) in [5.74, 6) is 0. The van der Waals surface area contributed by atoms with Gasteiger partial charge >= 0.3 is 18.3 Å². The lowest BCUT2D eigenvalue weighted by Gasteiger charge is -2.19. The number of alkyl carbamates (subject to hydrolysis) is 1. The zero-order valence-electron chi connectivity index (χ0n) is 29.7. The maximum atomic E-state index is 13.6. The third-order valence-corrected chi connectivity index (χ3v) is 8.59. The van der Waals surface area contributed by atoms with Gasteiger partial charge in [-0.15, -0.1) is 0 Å². The standard InChI is InChI=1S/C38H41F3N8O4/c1-37(2,3)53-36(52)43-15-6-4-5-7-17-48-23-28-18-26(10-13-32(28)45-48)31-19-33(46-49(34(31)50)24-38(39,40)41)25-8-11-30(12-9-25)44-35(51)47-21-27-14-16-42-20-29(27)22-47/h8-14,16,18-20,23H,4-7,15,17,21-22,24H2,1-3H3,(H,43,52)(H,44,51). The number of carbonyl (C=O) groups excluding carboxylic acids is 2. The van der Waals surface area contributed by atoms with Crippen molar-refractivity contribution in [2.75, 3.05) is 11.9 Å². The van der Waals surface area contributed by atoms with E-state index in [1.165, 1.54) is 6.07 Å². The molecule has 1 aliphatic rings. The van der Waals surface area contributed by atoms with Gasteiger partial charge in [0.15, 0.2) is 0 Å². The first-order chi connectivity index (χ1) is 25.2. The molecule has 4 heterocycles. The van der Waals surface area contributed by atoms with Gasteiger partial charge in [-0.1, -0.05) is 31.0 Å². The highest BCUT2D eigenvalue weighted by Crippen LogP contribution is 2.28. The average Bonchev–Trinajstić information content (AvgIpc) is 3.72. The highest BCUT2D eigenvalue weighted by atomic mass is 19.4. The fourth-order valence-electron chi connectivity index (χ4n) is 6.07. The molecule has 2 N–H and O–H groups in total. The molecule has 15 heteroatoms. The maximum absolute atomic E-state index is 13.6. The number of aryl methyl sites for hydroxylation is 1. The molecule has 0 radical (unpaired) electrons. The number of carbonyl (C=O) groups is 2. The first-order valence-corrected chi connectivity index (χ1v) is 17.4. The Hall–Kier alpha value is -5.73. The second-order valence-corrected chi connectivity index (χ2v) is 14.0. The number of benzene rings is 2. The van der Waals surface area contributed by atoms with E-state index in [4.69, 9.17) is 4.74 Å². The van der Waals surface area contributed by atoms with Gasteiger partial charge in [-0.2, -0.15) is 23.4 Å². The summed E-state index contributed by atoms with van der Waals surface area (Å²) < 4.78 is 48.2. The number of nitrogens with one attached hydrogen (secondary N) is 2. The van der Waals surface area contributed by atoms with Crippen molar-refractivity contribution in [2.45, 2.75) is 84.4 Å². The molecule has 0 unspecified atom stereocenters. The largest absolute Gasteiger partial charge is 0.444 e. The summed E-state index contributed by atoms with van der Waals surface area (Å²) in [5, 5.41) is 15.0. The Bertz CT molecular complexity index is 2130. The van der Waals surface area contributed by atoms with E-state index in [9.17, 15) is 27.6 Å². The summed E-state index contributed by atoms with van der Waals surface area (Å²) in [6.07, 6.45) is 3.69. The topological polar surface area (TPSA) is 136 Å². The number of anilines is 1. The molecule has 0 saturated carbocycles. The van der Waals surface area contributed by atoms with E-state index in [0.29, 0.717) is 53.2 Å². The van der Waals surface area contributed by atoms with Crippen LogP contribution in [0.5, 0.6) is 0 Å². The van der Waals surface area contributed by atoms with Crippen molar-refractivity contribution in [2.24, 2.45) is 0 Å². The number of urea groups is 1. The number of unbranched alkanes of at least 4 members (excludes halogenated alkanes) is 3. The van der Waals surface area contributed by atoms with Gasteiger partial charge in [-0.25, -0.2) is 14.3 Å². The fraction of sp³-hybridized carbons (Fsp3) is 0.368. The molecule has 1 aliphatic heterocycles. The Labute approximate surface area is 304 Å². The van der Waals surface area contributed by atoms with Crippen molar-refractivity contribution in [1.29, 1.82) is 0 Å². The number of pyridine rings is 1. The van der Waals surface area contributed by atoms with Crippen LogP contribution in [0, 0.1) is 0 Å². The predicted molar refractivity (Wildman–Crippen MR) is 194 cm³/mol. The lowest BCUT2D eigenvalue weighted by Crippen LogP contribution is -2.32. The van der Waals surface area contributed by atoms with Gasteiger partial charge in [0.05, 0.1) is 16.8 Å². The summed E-state index contributed by atoms with van der Waals surface area (Å²) in [6, 6.07) is 14.8. The summed E-state index contributed by atoms with van der Waals surface area (Å²) in [7, 11) is 0. The molecule has 0 bridgehead atoms. The van der Waals surface area contributed by atoms with Crippen LogP contribution in [0.25, 0.3) is 33.3 Å². The van der Waals surface area contributed by atoms with Crippen molar-refractivity contribution >= 4 is 28.7 Å². The van der Waals surface area contributed by atoms with E-state index in [2.05, 4.69) is 25.8 Å². The zero-order chi connectivity index (χ0) is 37.8. The van der Waals surface area contributed by atoms with Crippen LogP contribution in [0.3, 0.4) is 0 Å². The smallest absolute Gasteiger partial charge is 0.408 e. The van der Waals surface area contributed by atoms with Gasteiger partial charge in [0.2, 0.25) is 0 Å². The Morgan fingerprint density at radius 1 is 0.887 bits per heavy atom. The summed E-state index contributed by atoms with van der Waals surface area (Å²) in [6.45, 7) is 5.97. The second kappa shape index (κ2) is 15.5. The summed E-state index contributed by atoms with van der Waals surface area (Å²) >= 11 is 0. The van der Waals surface area contributed by atoms with Gasteiger partial charge in [0.1, 0.15) is 12.1 Å². The molecule has 0 spiro atoms. The van der Waals surface area contributed by atoms with Crippen LogP contribution < -0.4 is 16.2 Å². The molecule has 0 atom stereocenters. The molecule has 0 saturated heterocycles. The number of rotatable bonds is 11. The maximum Gasteiger partial charge on any atom is 0.408 e. The van der Waals surface area contributed by atoms with Gasteiger partial charge < -0.3 is 20.3 Å². The predicted octanol–water partition coefficient (Wildman–Crippen LogP) is 7.52. The highest BCUT2D eigenvalue weighted by Gasteiger charge is 2.30. The van der Waals surface area contributed by atoms with Crippen molar-refractivity contribution in [3.05, 3.63) is 94.7 Å². The molecule has 3 aromatic heterocycles. The van der Waals surface area contributed by atoms with Crippen LogP contribution in [0.1, 0.15) is 57.6 Å². The van der Waals surface area contributed by atoms with E-state index in [1.54, 1.807) is 59.8 Å². The molecule has 0 aliphatic carbocycles. The zero-order valence-corrected chi connectivity index (χ0v) is 29.7. The number of hydrogen-bond donors (Lipinski definition) is 2. The summed E-state index contributed by atoms with van der Waals surface area (Å²) in [4.78, 5) is 43.9. The minimum Gasteiger partial charge on any atom is -0.444 e. The third-order valence-electron chi connectivity index (χ3n) is 8.59. The molecule has 5 aromatic rings. The van der Waals surface area contributed by atoms with E-state index < -0.39 is 30.0 Å². The van der Waals surface area contributed by atoms with Crippen LogP contribution in [-0.2, 0) is 30.9 Å². The normalized spacial score (nSPS) is 12.9. The van der Waals surface area contributed by atoms with Crippen LogP contribution in [0.2, 0.25) is 0 Å². The fourth-order valence-corrected chi connectivity index (χ4v) is 6.07. The third kappa shape index (κ3) is 9.78. The molecule has 2 aromatic carbocycles. The monoisotopic (exact) mass is 730 g/mol. The molecule has 0 fully saturated rings. The summed E-state index contributed by atoms with van der Waals surface area (Å²) in [5.41, 5.74) is 2.92. The first kappa shape index (κ1) is 37.0. The number of hydrogen-bond acceptors (Lipinski definition) is 7. The molecule has 12 nitrogen and oxygen atoms in total. The van der Waals surface area contributed by atoms with Gasteiger partial charge in [0, 0.05) is 61.4 Å². The van der Waals surface area contributed by atoms with Crippen LogP contribution in [-0.4, -0.2) is 59.9 Å². The van der Waals surface area contributed by atoms with Gasteiger partial charge in [0.25, 0.3) is 5.56 Å². The molecule has 6 rings (SSSR count). The Balaban J connectivity index is 1.13. The number of alkyl halides is 3. The van der Waals surface area contributed by atoms with Crippen molar-refractivity contribution in [1.82, 2.24) is 34.8 Å². The average molecular weight is 731 g/mol. The van der Waals surface area contributed by atoms with E-state index in [0.717, 1.165) is 42.2 Å². The quantitative estimate of drug-likeness (QED) is 0.134. The lowest BCUT2D eigenvalue weighted by atomic mass is 10.0. The minimum absolute atomic E-state index is 0.0642. The van der Waals surface area contributed by atoms with E-state index >= 15 is 0 Å².